The van der Waals surface area contributed by atoms with E-state index in [0.29, 0.717) is 10.7 Å². The van der Waals surface area contributed by atoms with Crippen molar-refractivity contribution >= 4 is 47.0 Å². The van der Waals surface area contributed by atoms with Gasteiger partial charge in [-0.3, -0.25) is 9.80 Å². The Morgan fingerprint density at radius 2 is 1.17 bits per heavy atom. The Balaban J connectivity index is 1.74. The minimum Gasteiger partial charge on any atom is -0.281 e. The summed E-state index contributed by atoms with van der Waals surface area (Å²) < 4.78 is 1.52. The standard InChI is InChI=1S/C12H24N2S4/c1-9-13(7-15-11(3)17-9)5-6-14-8-16-12(4)18-10(14)2/h9-12H,5-8H2,1-4H3. The maximum Gasteiger partial charge on any atom is 0.0548 e. The van der Waals surface area contributed by atoms with E-state index in [-0.39, 0.29) is 0 Å². The zero-order chi connectivity index (χ0) is 13.1. The van der Waals surface area contributed by atoms with Gasteiger partial charge in [0.1, 0.15) is 0 Å². The van der Waals surface area contributed by atoms with E-state index in [9.17, 15) is 0 Å². The van der Waals surface area contributed by atoms with Gasteiger partial charge in [0, 0.05) is 24.8 Å². The summed E-state index contributed by atoms with van der Waals surface area (Å²) in [7, 11) is 0. The van der Waals surface area contributed by atoms with Crippen LogP contribution in [0.3, 0.4) is 0 Å². The van der Waals surface area contributed by atoms with Gasteiger partial charge in [-0.25, -0.2) is 0 Å². The van der Waals surface area contributed by atoms with E-state index in [0.717, 1.165) is 9.16 Å². The maximum atomic E-state index is 2.62. The molecule has 0 saturated carbocycles. The van der Waals surface area contributed by atoms with Crippen LogP contribution in [-0.4, -0.2) is 54.6 Å². The van der Waals surface area contributed by atoms with Crippen LogP contribution in [0, 0.1) is 0 Å². The van der Waals surface area contributed by atoms with Crippen LogP contribution in [0.4, 0.5) is 0 Å². The number of hydrogen-bond acceptors (Lipinski definition) is 6. The third kappa shape index (κ3) is 4.42. The molecule has 0 aromatic rings. The van der Waals surface area contributed by atoms with Gasteiger partial charge >= 0.3 is 0 Å². The fraction of sp³-hybridized carbons (Fsp3) is 1.00. The Kier molecular flexibility index (Phi) is 6.42. The van der Waals surface area contributed by atoms with E-state index >= 15 is 0 Å². The summed E-state index contributed by atoms with van der Waals surface area (Å²) in [4.78, 5) is 5.24. The molecule has 106 valence electrons. The van der Waals surface area contributed by atoms with Gasteiger partial charge in [0.15, 0.2) is 0 Å². The summed E-state index contributed by atoms with van der Waals surface area (Å²) in [5.41, 5.74) is 0. The highest BCUT2D eigenvalue weighted by atomic mass is 32.2. The van der Waals surface area contributed by atoms with Gasteiger partial charge in [-0.1, -0.05) is 0 Å². The highest BCUT2D eigenvalue weighted by Crippen LogP contribution is 2.37. The lowest BCUT2D eigenvalue weighted by Crippen LogP contribution is -2.44. The lowest BCUT2D eigenvalue weighted by Gasteiger charge is -2.39. The minimum absolute atomic E-state index is 0.681. The third-order valence-electron chi connectivity index (χ3n) is 3.43. The number of rotatable bonds is 3. The molecule has 0 aromatic heterocycles. The molecule has 0 aliphatic carbocycles. The summed E-state index contributed by atoms with van der Waals surface area (Å²) in [5, 5.41) is 1.36. The normalized spacial score (nSPS) is 40.0. The predicted octanol–water partition coefficient (Wildman–Crippen LogP) is 3.85. The predicted molar refractivity (Wildman–Crippen MR) is 91.4 cm³/mol. The first-order chi connectivity index (χ1) is 8.56. The first kappa shape index (κ1) is 15.7. The molecular weight excluding hydrogens is 300 g/mol. The van der Waals surface area contributed by atoms with E-state index in [2.05, 4.69) is 84.5 Å². The highest BCUT2D eigenvalue weighted by molar-refractivity contribution is 8.18. The largest absolute Gasteiger partial charge is 0.281 e. The molecule has 2 aliphatic heterocycles. The summed E-state index contributed by atoms with van der Waals surface area (Å²) in [6.07, 6.45) is 0. The molecule has 2 saturated heterocycles. The first-order valence-corrected chi connectivity index (χ1v) is 10.6. The molecular formula is C12H24N2S4. The van der Waals surface area contributed by atoms with Gasteiger partial charge in [-0.2, -0.15) is 0 Å². The SMILES string of the molecule is CC1SCN(CCN2CSC(C)SC2C)C(C)S1. The van der Waals surface area contributed by atoms with Crippen molar-refractivity contribution in [2.24, 2.45) is 0 Å². The Morgan fingerprint density at radius 3 is 1.50 bits per heavy atom. The second-order valence-corrected chi connectivity index (χ2v) is 11.3. The van der Waals surface area contributed by atoms with E-state index in [1.807, 2.05) is 0 Å². The molecule has 4 unspecified atom stereocenters. The summed E-state index contributed by atoms with van der Waals surface area (Å²) in [6.45, 7) is 11.8. The zero-order valence-corrected chi connectivity index (χ0v) is 14.9. The van der Waals surface area contributed by atoms with E-state index in [1.165, 1.54) is 24.8 Å². The van der Waals surface area contributed by atoms with Crippen LogP contribution in [0.1, 0.15) is 27.7 Å². The van der Waals surface area contributed by atoms with Gasteiger partial charge in [-0.05, 0) is 27.7 Å². The third-order valence-corrected chi connectivity index (χ3v) is 8.96. The van der Waals surface area contributed by atoms with Crippen LogP contribution in [0.15, 0.2) is 0 Å². The molecule has 2 nitrogen and oxygen atoms in total. The van der Waals surface area contributed by atoms with E-state index in [1.54, 1.807) is 0 Å². The van der Waals surface area contributed by atoms with Crippen molar-refractivity contribution in [3.05, 3.63) is 0 Å². The molecule has 0 N–H and O–H groups in total. The van der Waals surface area contributed by atoms with Crippen molar-refractivity contribution in [2.75, 3.05) is 24.8 Å². The van der Waals surface area contributed by atoms with Crippen molar-refractivity contribution in [1.29, 1.82) is 0 Å². The van der Waals surface area contributed by atoms with Gasteiger partial charge in [0.25, 0.3) is 0 Å². The van der Waals surface area contributed by atoms with Crippen LogP contribution >= 0.6 is 47.0 Å². The smallest absolute Gasteiger partial charge is 0.0548 e. The summed E-state index contributed by atoms with van der Waals surface area (Å²) in [6, 6.07) is 0. The quantitative estimate of drug-likeness (QED) is 0.772. The molecule has 0 radical (unpaired) electrons. The average Bonchev–Trinajstić information content (AvgIpc) is 2.30. The summed E-state index contributed by atoms with van der Waals surface area (Å²) in [5.74, 6) is 2.41. The van der Waals surface area contributed by atoms with Crippen LogP contribution in [0.5, 0.6) is 0 Å². The highest BCUT2D eigenvalue weighted by Gasteiger charge is 2.27. The Bertz CT molecular complexity index is 240. The molecule has 4 atom stereocenters. The molecule has 2 rings (SSSR count). The van der Waals surface area contributed by atoms with E-state index in [4.69, 9.17) is 0 Å². The van der Waals surface area contributed by atoms with Gasteiger partial charge in [0.05, 0.1) is 19.9 Å². The molecule has 2 aliphatic rings. The van der Waals surface area contributed by atoms with Crippen LogP contribution < -0.4 is 0 Å². The van der Waals surface area contributed by atoms with Crippen molar-refractivity contribution in [3.8, 4) is 0 Å². The first-order valence-electron chi connectivity index (χ1n) is 6.58. The van der Waals surface area contributed by atoms with Crippen molar-refractivity contribution < 1.29 is 0 Å². The Hall–Kier alpha value is 1.32. The molecule has 2 heterocycles. The zero-order valence-electron chi connectivity index (χ0n) is 11.7. The van der Waals surface area contributed by atoms with Crippen LogP contribution in [0.2, 0.25) is 0 Å². The second-order valence-electron chi connectivity index (χ2n) is 4.82. The van der Waals surface area contributed by atoms with E-state index < -0.39 is 0 Å². The lowest BCUT2D eigenvalue weighted by atomic mass is 10.4. The fourth-order valence-corrected chi connectivity index (χ4v) is 7.64. The molecule has 6 heteroatoms. The minimum atomic E-state index is 0.681. The van der Waals surface area contributed by atoms with Crippen molar-refractivity contribution in [2.45, 2.75) is 47.6 Å². The monoisotopic (exact) mass is 324 g/mol. The fourth-order valence-electron chi connectivity index (χ4n) is 2.17. The molecule has 2 fully saturated rings. The summed E-state index contributed by atoms with van der Waals surface area (Å²) >= 11 is 8.35. The average molecular weight is 325 g/mol. The molecule has 18 heavy (non-hydrogen) atoms. The second kappa shape index (κ2) is 7.36. The van der Waals surface area contributed by atoms with Gasteiger partial charge in [0.2, 0.25) is 0 Å². The lowest BCUT2D eigenvalue weighted by molar-refractivity contribution is 0.234. The topological polar surface area (TPSA) is 6.48 Å². The van der Waals surface area contributed by atoms with Gasteiger partial charge < -0.3 is 0 Å². The molecule has 0 spiro atoms. The Labute approximate surface area is 129 Å². The van der Waals surface area contributed by atoms with Crippen LogP contribution in [-0.2, 0) is 0 Å². The number of hydrogen-bond donors (Lipinski definition) is 0. The van der Waals surface area contributed by atoms with Crippen molar-refractivity contribution in [1.82, 2.24) is 9.80 Å². The molecule has 0 amide bonds. The van der Waals surface area contributed by atoms with Crippen LogP contribution in [0.25, 0.3) is 0 Å². The molecule has 0 aromatic carbocycles. The maximum absolute atomic E-state index is 2.62. The van der Waals surface area contributed by atoms with Crippen molar-refractivity contribution in [3.63, 3.8) is 0 Å². The van der Waals surface area contributed by atoms with Gasteiger partial charge in [-0.15, -0.1) is 47.0 Å². The molecule has 0 bridgehead atoms. The number of nitrogens with zero attached hydrogens (tertiary/aromatic N) is 2. The number of thioether (sulfide) groups is 4. The Morgan fingerprint density at radius 1 is 0.778 bits per heavy atom.